The minimum absolute atomic E-state index is 0.0208. The number of halogens is 1. The molecular formula is C13H16BrNO5S. The summed E-state index contributed by atoms with van der Waals surface area (Å²) in [5.74, 6) is -0.917. The summed E-state index contributed by atoms with van der Waals surface area (Å²) >= 11 is 3.23. The van der Waals surface area contributed by atoms with Gasteiger partial charge in [0.25, 0.3) is 0 Å². The molecule has 1 N–H and O–H groups in total. The number of hydrogen-bond donors (Lipinski definition) is 1. The molecule has 21 heavy (non-hydrogen) atoms. The van der Waals surface area contributed by atoms with Crippen LogP contribution in [0.4, 0.5) is 0 Å². The number of hydrogen-bond acceptors (Lipinski definition) is 4. The van der Waals surface area contributed by atoms with E-state index in [0.717, 1.165) is 4.31 Å². The van der Waals surface area contributed by atoms with Crippen LogP contribution in [-0.4, -0.2) is 43.5 Å². The number of piperidine rings is 1. The highest BCUT2D eigenvalue weighted by molar-refractivity contribution is 9.10. The number of ether oxygens (including phenoxy) is 1. The minimum atomic E-state index is -3.92. The molecule has 6 nitrogen and oxygen atoms in total. The highest BCUT2D eigenvalue weighted by Gasteiger charge is 2.38. The maximum atomic E-state index is 12.8. The van der Waals surface area contributed by atoms with Gasteiger partial charge in [0, 0.05) is 11.0 Å². The predicted octanol–water partition coefficient (Wildman–Crippen LogP) is 2.09. The third-order valence-electron chi connectivity index (χ3n) is 3.45. The zero-order chi connectivity index (χ0) is 15.6. The molecule has 0 amide bonds. The van der Waals surface area contributed by atoms with Crippen molar-refractivity contribution in [1.29, 1.82) is 0 Å². The molecule has 0 spiro atoms. The first-order valence-corrected chi connectivity index (χ1v) is 8.69. The lowest BCUT2D eigenvalue weighted by atomic mass is 10.1. The van der Waals surface area contributed by atoms with Gasteiger partial charge in [-0.2, -0.15) is 4.31 Å². The number of methoxy groups -OCH3 is 1. The smallest absolute Gasteiger partial charge is 0.322 e. The van der Waals surface area contributed by atoms with E-state index in [2.05, 4.69) is 15.9 Å². The second kappa shape index (κ2) is 6.33. The summed E-state index contributed by atoms with van der Waals surface area (Å²) in [5, 5.41) is 9.25. The summed E-state index contributed by atoms with van der Waals surface area (Å²) < 4.78 is 32.3. The Morgan fingerprint density at radius 1 is 1.43 bits per heavy atom. The average Bonchev–Trinajstić information content (AvgIpc) is 2.47. The fourth-order valence-corrected chi connectivity index (χ4v) is 4.76. The number of nitrogens with zero attached hydrogens (tertiary/aromatic N) is 1. The van der Waals surface area contributed by atoms with E-state index in [0.29, 0.717) is 23.7 Å². The lowest BCUT2D eigenvalue weighted by Crippen LogP contribution is -2.47. The molecule has 1 aliphatic heterocycles. The zero-order valence-corrected chi connectivity index (χ0v) is 13.9. The largest absolute Gasteiger partial charge is 0.495 e. The zero-order valence-electron chi connectivity index (χ0n) is 11.5. The van der Waals surface area contributed by atoms with Gasteiger partial charge in [0.2, 0.25) is 10.0 Å². The van der Waals surface area contributed by atoms with E-state index in [9.17, 15) is 18.3 Å². The third kappa shape index (κ3) is 3.22. The first kappa shape index (κ1) is 16.3. The Bertz CT molecular complexity index is 646. The van der Waals surface area contributed by atoms with Gasteiger partial charge in [-0.05, 0) is 37.5 Å². The first-order valence-electron chi connectivity index (χ1n) is 6.46. The van der Waals surface area contributed by atoms with Gasteiger partial charge in [-0.1, -0.05) is 15.9 Å². The van der Waals surface area contributed by atoms with E-state index in [4.69, 9.17) is 4.74 Å². The molecule has 1 heterocycles. The van der Waals surface area contributed by atoms with Gasteiger partial charge >= 0.3 is 5.97 Å². The summed E-state index contributed by atoms with van der Waals surface area (Å²) in [4.78, 5) is 11.3. The molecule has 0 aromatic heterocycles. The van der Waals surface area contributed by atoms with Crippen molar-refractivity contribution in [3.8, 4) is 5.75 Å². The van der Waals surface area contributed by atoms with E-state index in [1.54, 1.807) is 6.07 Å². The highest BCUT2D eigenvalue weighted by Crippen LogP contribution is 2.32. The Morgan fingerprint density at radius 2 is 2.14 bits per heavy atom. The van der Waals surface area contributed by atoms with Crippen molar-refractivity contribution in [2.24, 2.45) is 0 Å². The Hall–Kier alpha value is -1.12. The van der Waals surface area contributed by atoms with E-state index >= 15 is 0 Å². The monoisotopic (exact) mass is 377 g/mol. The van der Waals surface area contributed by atoms with Crippen LogP contribution in [0.5, 0.6) is 5.75 Å². The van der Waals surface area contributed by atoms with Crippen LogP contribution in [0, 0.1) is 0 Å². The Balaban J connectivity index is 2.50. The van der Waals surface area contributed by atoms with Gasteiger partial charge in [0.05, 0.1) is 7.11 Å². The average molecular weight is 378 g/mol. The third-order valence-corrected chi connectivity index (χ3v) is 5.87. The molecule has 116 valence electrons. The standard InChI is InChI=1S/C13H16BrNO5S/c1-20-11-6-5-9(14)8-12(11)21(18,19)15-7-3-2-4-10(15)13(16)17/h5-6,8,10H,2-4,7H2,1H3,(H,16,17)/t10-/m1/s1. The molecule has 2 rings (SSSR count). The molecule has 1 saturated heterocycles. The van der Waals surface area contributed by atoms with Gasteiger partial charge in [0.1, 0.15) is 16.7 Å². The highest BCUT2D eigenvalue weighted by atomic mass is 79.9. The number of aliphatic carboxylic acids is 1. The first-order chi connectivity index (χ1) is 9.87. The molecule has 0 unspecified atom stereocenters. The van der Waals surface area contributed by atoms with Gasteiger partial charge in [-0.3, -0.25) is 4.79 Å². The van der Waals surface area contributed by atoms with Gasteiger partial charge in [0.15, 0.2) is 0 Å². The second-order valence-electron chi connectivity index (χ2n) is 4.76. The van der Waals surface area contributed by atoms with E-state index in [1.165, 1.54) is 19.2 Å². The lowest BCUT2D eigenvalue weighted by molar-refractivity contribution is -0.142. The van der Waals surface area contributed by atoms with Crippen molar-refractivity contribution in [3.63, 3.8) is 0 Å². The van der Waals surface area contributed by atoms with Crippen molar-refractivity contribution in [2.75, 3.05) is 13.7 Å². The molecule has 0 saturated carbocycles. The van der Waals surface area contributed by atoms with Gasteiger partial charge < -0.3 is 9.84 Å². The fourth-order valence-electron chi connectivity index (χ4n) is 2.42. The predicted molar refractivity (Wildman–Crippen MR) is 79.9 cm³/mol. The quantitative estimate of drug-likeness (QED) is 0.868. The number of carbonyl (C=O) groups is 1. The number of rotatable bonds is 4. The second-order valence-corrected chi connectivity index (χ2v) is 7.54. The van der Waals surface area contributed by atoms with Crippen molar-refractivity contribution in [2.45, 2.75) is 30.2 Å². The summed E-state index contributed by atoms with van der Waals surface area (Å²) in [6.07, 6.45) is 1.68. The summed E-state index contributed by atoms with van der Waals surface area (Å²) in [5.41, 5.74) is 0. The lowest BCUT2D eigenvalue weighted by Gasteiger charge is -2.32. The number of sulfonamides is 1. The molecule has 0 aliphatic carbocycles. The minimum Gasteiger partial charge on any atom is -0.495 e. The van der Waals surface area contributed by atoms with Crippen LogP contribution >= 0.6 is 15.9 Å². The maximum absolute atomic E-state index is 12.8. The molecule has 1 aromatic rings. The summed E-state index contributed by atoms with van der Waals surface area (Å²) in [6, 6.07) is 3.62. The van der Waals surface area contributed by atoms with Crippen LogP contribution in [0.25, 0.3) is 0 Å². The molecule has 1 aromatic carbocycles. The van der Waals surface area contributed by atoms with E-state index in [-0.39, 0.29) is 17.2 Å². The number of carboxylic acids is 1. The molecule has 1 atom stereocenters. The number of carboxylic acid groups (broad SMARTS) is 1. The molecule has 0 radical (unpaired) electrons. The van der Waals surface area contributed by atoms with Crippen LogP contribution in [-0.2, 0) is 14.8 Å². The molecule has 1 fully saturated rings. The SMILES string of the molecule is COc1ccc(Br)cc1S(=O)(=O)N1CCCC[C@@H]1C(=O)O. The Kier molecular flexibility index (Phi) is 4.90. The molecule has 8 heteroatoms. The maximum Gasteiger partial charge on any atom is 0.322 e. The van der Waals surface area contributed by atoms with Gasteiger partial charge in [-0.15, -0.1) is 0 Å². The molecular weight excluding hydrogens is 362 g/mol. The van der Waals surface area contributed by atoms with Crippen molar-refractivity contribution < 1.29 is 23.1 Å². The number of benzene rings is 1. The van der Waals surface area contributed by atoms with Crippen LogP contribution < -0.4 is 4.74 Å². The van der Waals surface area contributed by atoms with Crippen molar-refractivity contribution in [3.05, 3.63) is 22.7 Å². The van der Waals surface area contributed by atoms with Crippen LogP contribution in [0.15, 0.2) is 27.6 Å². The van der Waals surface area contributed by atoms with E-state index in [1.807, 2.05) is 0 Å². The molecule has 0 bridgehead atoms. The van der Waals surface area contributed by atoms with Crippen molar-refractivity contribution >= 4 is 31.9 Å². The summed E-state index contributed by atoms with van der Waals surface area (Å²) in [6.45, 7) is 0.203. The van der Waals surface area contributed by atoms with Crippen LogP contribution in [0.2, 0.25) is 0 Å². The fraction of sp³-hybridized carbons (Fsp3) is 0.462. The Labute approximate surface area is 131 Å². The topological polar surface area (TPSA) is 83.9 Å². The van der Waals surface area contributed by atoms with Crippen LogP contribution in [0.1, 0.15) is 19.3 Å². The Morgan fingerprint density at radius 3 is 2.76 bits per heavy atom. The van der Waals surface area contributed by atoms with Crippen molar-refractivity contribution in [1.82, 2.24) is 4.31 Å². The van der Waals surface area contributed by atoms with Crippen LogP contribution in [0.3, 0.4) is 0 Å². The summed E-state index contributed by atoms with van der Waals surface area (Å²) in [7, 11) is -2.54. The normalized spacial score (nSPS) is 20.2. The molecule has 1 aliphatic rings. The van der Waals surface area contributed by atoms with Gasteiger partial charge in [-0.25, -0.2) is 8.42 Å². The van der Waals surface area contributed by atoms with E-state index < -0.39 is 22.0 Å².